The highest BCUT2D eigenvalue weighted by Gasteiger charge is 2.37. The van der Waals surface area contributed by atoms with Gasteiger partial charge < -0.3 is 25.8 Å². The number of pyridine rings is 3. The standard InChI is InChI=1S/3C17H13F5N4.C17H14F4N4/c1-26-9-10(17(20,21)22)5-15(26)14-7-25-16(8-23-14)24-6-11-12(18)3-2-4-13(11)19;2*1-26-14(7-15(25-26)17(20,21)22)10-5-6-16(23-8-10)24-9-11-12(18)3-2-4-13(11)19;1-25-14(8-15(24-25)17(19,20)21)12-6-7-16(23-10-12)22-9-11-4-2-3-5-13(11)18/h2-5,7-9H,6H2,1H3,(H,24,25);2*2-8H,9H2,1H3,(H,23,24);2-8,10H,9H2,1H3,(H,22,23). The molecule has 0 spiro atoms. The van der Waals surface area contributed by atoms with E-state index < -0.39 is 82.3 Å². The Balaban J connectivity index is 0.000000160. The summed E-state index contributed by atoms with van der Waals surface area (Å²) >= 11 is 0. The van der Waals surface area contributed by atoms with Crippen LogP contribution < -0.4 is 21.3 Å². The Bertz CT molecular complexity index is 4410. The molecule has 8 aromatic heterocycles. The maximum atomic E-state index is 13.6. The highest BCUT2D eigenvalue weighted by Crippen LogP contribution is 2.36. The lowest BCUT2D eigenvalue weighted by atomic mass is 10.2. The minimum absolute atomic E-state index is 0.116. The van der Waals surface area contributed by atoms with Crippen LogP contribution in [0.3, 0.4) is 0 Å². The number of hydrogen-bond donors (Lipinski definition) is 4. The van der Waals surface area contributed by atoms with Gasteiger partial charge in [-0.2, -0.15) is 68.0 Å². The maximum absolute atomic E-state index is 13.6. The smallest absolute Gasteiger partial charge is 0.366 e. The maximum Gasteiger partial charge on any atom is 0.435 e. The van der Waals surface area contributed by atoms with Crippen molar-refractivity contribution in [3.8, 4) is 45.2 Å². The number of rotatable bonds is 16. The largest absolute Gasteiger partial charge is 0.435 e. The van der Waals surface area contributed by atoms with Gasteiger partial charge in [-0.25, -0.2) is 55.7 Å². The molecule has 16 nitrogen and oxygen atoms in total. The first-order chi connectivity index (χ1) is 48.6. The molecule has 0 saturated carbocycles. The van der Waals surface area contributed by atoms with Gasteiger partial charge in [0.15, 0.2) is 17.1 Å². The molecule has 0 aliphatic carbocycles. The molecular weight excluding hydrogens is 1400 g/mol. The molecule has 0 radical (unpaired) electrons. The van der Waals surface area contributed by atoms with E-state index >= 15 is 0 Å². The van der Waals surface area contributed by atoms with Crippen LogP contribution in [0.25, 0.3) is 45.2 Å². The van der Waals surface area contributed by atoms with Crippen molar-refractivity contribution in [2.75, 3.05) is 21.3 Å². The molecule has 4 aromatic carbocycles. The summed E-state index contributed by atoms with van der Waals surface area (Å²) in [5, 5.41) is 21.6. The molecule has 0 aliphatic heterocycles. The second kappa shape index (κ2) is 31.8. The SMILES string of the molecule is Cn1cc(C(F)(F)F)cc1-c1cnc(NCc2c(F)cccc2F)cn1.Cn1nc(C(F)(F)F)cc1-c1ccc(NCc2c(F)cccc2F)nc1.Cn1nc(C(F)(F)F)cc1-c1ccc(NCc2c(F)cccc2F)nc1.Cn1nc(C(F)(F)F)cc1-c1ccc(NCc2ccccc2F)nc1. The molecule has 0 aliphatic rings. The fourth-order valence-corrected chi connectivity index (χ4v) is 9.57. The van der Waals surface area contributed by atoms with Crippen LogP contribution in [0, 0.1) is 40.7 Å². The molecule has 8 heterocycles. The van der Waals surface area contributed by atoms with E-state index in [9.17, 15) is 83.4 Å². The molecule has 0 amide bonds. The Hall–Kier alpha value is -11.8. The van der Waals surface area contributed by atoms with Crippen molar-refractivity contribution in [3.05, 3.63) is 262 Å². The molecule has 0 bridgehead atoms. The van der Waals surface area contributed by atoms with Crippen molar-refractivity contribution in [2.24, 2.45) is 28.2 Å². The van der Waals surface area contributed by atoms with E-state index in [-0.39, 0.29) is 77.3 Å². The highest BCUT2D eigenvalue weighted by molar-refractivity contribution is 5.63. The number of nitrogens with one attached hydrogen (secondary N) is 4. The molecule has 538 valence electrons. The summed E-state index contributed by atoms with van der Waals surface area (Å²) in [6.07, 6.45) is -10.3. The Morgan fingerprint density at radius 2 is 0.650 bits per heavy atom. The molecule has 12 aromatic rings. The van der Waals surface area contributed by atoms with Gasteiger partial charge in [0.25, 0.3) is 0 Å². The van der Waals surface area contributed by atoms with Gasteiger partial charge in [0.2, 0.25) is 0 Å². The number of alkyl halides is 12. The molecule has 0 fully saturated rings. The van der Waals surface area contributed by atoms with E-state index in [1.165, 1.54) is 100 Å². The van der Waals surface area contributed by atoms with Crippen LogP contribution in [0.4, 0.5) is 107 Å². The minimum atomic E-state index is -4.53. The van der Waals surface area contributed by atoms with Crippen LogP contribution in [0.5, 0.6) is 0 Å². The number of aryl methyl sites for hydroxylation is 4. The van der Waals surface area contributed by atoms with Crippen molar-refractivity contribution in [3.63, 3.8) is 0 Å². The van der Waals surface area contributed by atoms with Crippen LogP contribution in [0.2, 0.25) is 0 Å². The third-order valence-corrected chi connectivity index (χ3v) is 14.9. The highest BCUT2D eigenvalue weighted by atomic mass is 19.4. The number of halogens is 19. The molecule has 12 rings (SSSR count). The van der Waals surface area contributed by atoms with Gasteiger partial charge in [0.1, 0.15) is 69.7 Å². The quantitative estimate of drug-likeness (QED) is 0.0676. The monoisotopic (exact) mass is 1450 g/mol. The lowest BCUT2D eigenvalue weighted by molar-refractivity contribution is -0.142. The minimum Gasteiger partial charge on any atom is -0.366 e. The first-order valence-electron chi connectivity index (χ1n) is 29.9. The van der Waals surface area contributed by atoms with E-state index in [0.717, 1.165) is 80.9 Å². The fourth-order valence-electron chi connectivity index (χ4n) is 9.57. The molecule has 0 saturated heterocycles. The first kappa shape index (κ1) is 75.4. The lowest BCUT2D eigenvalue weighted by Gasteiger charge is -2.08. The Kier molecular flexibility index (Phi) is 23.3. The number of hydrogen-bond acceptors (Lipinski definition) is 12. The summed E-state index contributed by atoms with van der Waals surface area (Å²) < 4.78 is 253. The van der Waals surface area contributed by atoms with Gasteiger partial charge in [-0.3, -0.25) is 14.0 Å². The van der Waals surface area contributed by atoms with Gasteiger partial charge in [-0.15, -0.1) is 0 Å². The number of aromatic nitrogens is 12. The third-order valence-electron chi connectivity index (χ3n) is 14.9. The number of nitrogens with zero attached hydrogens (tertiary/aromatic N) is 12. The molecular formula is C68H53F19N16. The topological polar surface area (TPSA) is 171 Å². The van der Waals surface area contributed by atoms with Crippen molar-refractivity contribution in [2.45, 2.75) is 50.9 Å². The first-order valence-corrected chi connectivity index (χ1v) is 29.9. The summed E-state index contributed by atoms with van der Waals surface area (Å²) in [4.78, 5) is 20.4. The van der Waals surface area contributed by atoms with E-state index in [0.29, 0.717) is 45.4 Å². The van der Waals surface area contributed by atoms with Gasteiger partial charge in [0, 0.05) is 118 Å². The van der Waals surface area contributed by atoms with Gasteiger partial charge in [0.05, 0.1) is 40.7 Å². The van der Waals surface area contributed by atoms with Crippen molar-refractivity contribution in [1.82, 2.24) is 58.8 Å². The Morgan fingerprint density at radius 3 is 0.942 bits per heavy atom. The van der Waals surface area contributed by atoms with Crippen LogP contribution in [-0.4, -0.2) is 58.8 Å². The number of anilines is 4. The Labute approximate surface area is 571 Å². The molecule has 0 atom stereocenters. The van der Waals surface area contributed by atoms with E-state index in [1.54, 1.807) is 42.5 Å². The molecule has 0 unspecified atom stereocenters. The van der Waals surface area contributed by atoms with Crippen LogP contribution >= 0.6 is 0 Å². The zero-order chi connectivity index (χ0) is 74.7. The van der Waals surface area contributed by atoms with Crippen molar-refractivity contribution < 1.29 is 83.4 Å². The van der Waals surface area contributed by atoms with Crippen LogP contribution in [-0.2, 0) is 79.1 Å². The second-order valence-corrected chi connectivity index (χ2v) is 22.0. The van der Waals surface area contributed by atoms with E-state index in [2.05, 4.69) is 61.5 Å². The Morgan fingerprint density at radius 1 is 0.320 bits per heavy atom. The third kappa shape index (κ3) is 19.6. The predicted octanol–water partition coefficient (Wildman–Crippen LogP) is 17.4. The summed E-state index contributed by atoms with van der Waals surface area (Å²) in [7, 11) is 5.71. The van der Waals surface area contributed by atoms with Gasteiger partial charge >= 0.3 is 24.7 Å². The van der Waals surface area contributed by atoms with Crippen molar-refractivity contribution in [1.29, 1.82) is 0 Å². The van der Waals surface area contributed by atoms with Gasteiger partial charge in [-0.05, 0) is 103 Å². The van der Waals surface area contributed by atoms with Crippen LogP contribution in [0.1, 0.15) is 44.9 Å². The predicted molar refractivity (Wildman–Crippen MR) is 341 cm³/mol. The normalized spacial score (nSPS) is 11.6. The number of benzene rings is 4. The zero-order valence-corrected chi connectivity index (χ0v) is 53.6. The summed E-state index contributed by atoms with van der Waals surface area (Å²) in [5.41, 5.74) is -0.973. The lowest BCUT2D eigenvalue weighted by Crippen LogP contribution is -2.06. The summed E-state index contributed by atoms with van der Waals surface area (Å²) in [6.45, 7) is -0.124. The van der Waals surface area contributed by atoms with E-state index in [1.807, 2.05) is 0 Å². The average Bonchev–Trinajstić information content (AvgIpc) is 1.69. The van der Waals surface area contributed by atoms with Crippen molar-refractivity contribution >= 4 is 23.3 Å². The molecule has 103 heavy (non-hydrogen) atoms. The van der Waals surface area contributed by atoms with E-state index in [4.69, 9.17) is 0 Å². The second-order valence-electron chi connectivity index (χ2n) is 22.0. The summed E-state index contributed by atoms with van der Waals surface area (Å²) in [6, 6.07) is 30.2. The average molecular weight is 1460 g/mol. The fraction of sp³-hybridized carbons (Fsp3) is 0.176. The van der Waals surface area contributed by atoms with Crippen LogP contribution in [0.15, 0.2) is 177 Å². The molecule has 4 N–H and O–H groups in total. The zero-order valence-electron chi connectivity index (χ0n) is 53.6. The molecule has 35 heteroatoms. The van der Waals surface area contributed by atoms with Gasteiger partial charge in [-0.1, -0.05) is 36.4 Å². The summed E-state index contributed by atoms with van der Waals surface area (Å²) in [5.74, 6) is -3.02.